The molecule has 0 N–H and O–H groups in total. The molecule has 0 amide bonds. The second-order valence-corrected chi connectivity index (χ2v) is 12.7. The van der Waals surface area contributed by atoms with E-state index < -0.39 is 8.07 Å². The van der Waals surface area contributed by atoms with Gasteiger partial charge in [-0.25, -0.2) is 0 Å². The van der Waals surface area contributed by atoms with E-state index in [9.17, 15) is 0 Å². The van der Waals surface area contributed by atoms with Crippen LogP contribution in [0.25, 0.3) is 17.3 Å². The predicted molar refractivity (Wildman–Crippen MR) is 98.8 cm³/mol. The van der Waals surface area contributed by atoms with E-state index >= 15 is 0 Å². The Balaban J connectivity index is 2.19. The van der Waals surface area contributed by atoms with Gasteiger partial charge < -0.3 is 0 Å². The number of hydrogen-bond donors (Lipinski definition) is 0. The van der Waals surface area contributed by atoms with E-state index in [1.54, 1.807) is 5.20 Å². The zero-order valence-electron chi connectivity index (χ0n) is 14.3. The van der Waals surface area contributed by atoms with E-state index in [2.05, 4.69) is 68.8 Å². The maximum Gasteiger partial charge on any atom is 0.0729 e. The Hall–Kier alpha value is -1.67. The third kappa shape index (κ3) is 2.80. The van der Waals surface area contributed by atoms with E-state index in [-0.39, 0.29) is 0 Å². The fraction of sp³-hybridized carbons (Fsp3) is 0.350. The summed E-state index contributed by atoms with van der Waals surface area (Å²) >= 11 is 0. The number of hydrogen-bond acceptors (Lipinski definition) is 1. The summed E-state index contributed by atoms with van der Waals surface area (Å²) in [5, 5.41) is 1.65. The van der Waals surface area contributed by atoms with E-state index in [1.165, 1.54) is 22.3 Å². The van der Waals surface area contributed by atoms with Gasteiger partial charge in [0, 0.05) is 11.8 Å². The molecule has 1 heterocycles. The number of pyridine rings is 1. The lowest BCUT2D eigenvalue weighted by molar-refractivity contribution is 0.864. The Morgan fingerprint density at radius 1 is 1.09 bits per heavy atom. The lowest BCUT2D eigenvalue weighted by Crippen LogP contribution is -2.23. The van der Waals surface area contributed by atoms with Gasteiger partial charge in [0.1, 0.15) is 0 Å². The summed E-state index contributed by atoms with van der Waals surface area (Å²) < 4.78 is 0. The first-order valence-corrected chi connectivity index (χ1v) is 11.7. The summed E-state index contributed by atoms with van der Waals surface area (Å²) in [6.07, 6.45) is 5.48. The molecular weight excluding hydrogens is 282 g/mol. The third-order valence-electron chi connectivity index (χ3n) is 4.56. The van der Waals surface area contributed by atoms with Crippen LogP contribution >= 0.6 is 0 Å². The highest BCUT2D eigenvalue weighted by molar-refractivity contribution is 6.83. The molecule has 0 atom stereocenters. The number of fused-ring (bicyclic) bond motifs is 1. The second kappa shape index (κ2) is 5.51. The first kappa shape index (κ1) is 15.2. The molecule has 114 valence electrons. The molecule has 0 unspecified atom stereocenters. The Morgan fingerprint density at radius 3 is 2.45 bits per heavy atom. The highest BCUT2D eigenvalue weighted by atomic mass is 28.3. The van der Waals surface area contributed by atoms with Crippen molar-refractivity contribution in [3.05, 3.63) is 58.4 Å². The van der Waals surface area contributed by atoms with Crippen LogP contribution in [0.1, 0.15) is 36.5 Å². The van der Waals surface area contributed by atoms with Crippen molar-refractivity contribution in [1.82, 2.24) is 4.98 Å². The molecular formula is C20H25NSi. The standard InChI is InChI=1S/C20H25NSi/c1-14(2)15-10-16-11-17(22(3,4)5)13-18(16)19(12-15)20-8-6-7-9-21-20/h6-10,12-14H,11H2,1-5H3. The van der Waals surface area contributed by atoms with Crippen LogP contribution in [0.3, 0.4) is 0 Å². The molecule has 1 aromatic heterocycles. The van der Waals surface area contributed by atoms with Gasteiger partial charge in [-0.15, -0.1) is 0 Å². The summed E-state index contributed by atoms with van der Waals surface area (Å²) in [5.41, 5.74) is 6.71. The molecule has 1 nitrogen and oxygen atoms in total. The van der Waals surface area contributed by atoms with E-state index in [0.717, 1.165) is 12.1 Å². The molecule has 0 saturated carbocycles. The monoisotopic (exact) mass is 307 g/mol. The second-order valence-electron chi connectivity index (χ2n) is 7.61. The van der Waals surface area contributed by atoms with Crippen molar-refractivity contribution in [2.45, 2.75) is 45.8 Å². The van der Waals surface area contributed by atoms with Crippen molar-refractivity contribution in [3.8, 4) is 11.3 Å². The molecule has 0 radical (unpaired) electrons. The number of nitrogens with zero attached hydrogens (tertiary/aromatic N) is 1. The van der Waals surface area contributed by atoms with Gasteiger partial charge in [-0.1, -0.05) is 56.9 Å². The highest BCUT2D eigenvalue weighted by Crippen LogP contribution is 2.38. The van der Waals surface area contributed by atoms with Crippen LogP contribution in [0, 0.1) is 0 Å². The number of aromatic nitrogens is 1. The smallest absolute Gasteiger partial charge is 0.0729 e. The minimum Gasteiger partial charge on any atom is -0.256 e. The molecule has 0 aliphatic heterocycles. The van der Waals surface area contributed by atoms with E-state index in [4.69, 9.17) is 0 Å². The maximum absolute atomic E-state index is 4.60. The molecule has 1 aliphatic carbocycles. The first-order valence-electron chi connectivity index (χ1n) is 8.15. The van der Waals surface area contributed by atoms with Gasteiger partial charge in [0.2, 0.25) is 0 Å². The Morgan fingerprint density at radius 2 is 1.86 bits per heavy atom. The minimum absolute atomic E-state index is 0.545. The molecule has 0 fully saturated rings. The first-order chi connectivity index (χ1) is 10.4. The van der Waals surface area contributed by atoms with Crippen LogP contribution in [0.4, 0.5) is 0 Å². The molecule has 3 rings (SSSR count). The van der Waals surface area contributed by atoms with Gasteiger partial charge in [-0.05, 0) is 47.2 Å². The zero-order chi connectivity index (χ0) is 15.9. The van der Waals surface area contributed by atoms with Crippen LogP contribution < -0.4 is 0 Å². The van der Waals surface area contributed by atoms with Crippen LogP contribution in [0.2, 0.25) is 19.6 Å². The average molecular weight is 308 g/mol. The Bertz CT molecular complexity index is 721. The van der Waals surface area contributed by atoms with Gasteiger partial charge in [-0.3, -0.25) is 4.98 Å². The summed E-state index contributed by atoms with van der Waals surface area (Å²) in [4.78, 5) is 4.60. The van der Waals surface area contributed by atoms with Crippen molar-refractivity contribution < 1.29 is 0 Å². The lowest BCUT2D eigenvalue weighted by atomic mass is 9.92. The van der Waals surface area contributed by atoms with Crippen LogP contribution in [0.15, 0.2) is 41.7 Å². The van der Waals surface area contributed by atoms with Gasteiger partial charge in [0.15, 0.2) is 0 Å². The molecule has 1 aliphatic rings. The average Bonchev–Trinajstić information content (AvgIpc) is 2.91. The quantitative estimate of drug-likeness (QED) is 0.664. The molecule has 2 aromatic rings. The normalized spacial score (nSPS) is 14.2. The molecule has 0 saturated heterocycles. The van der Waals surface area contributed by atoms with Crippen LogP contribution in [0.5, 0.6) is 0 Å². The fourth-order valence-electron chi connectivity index (χ4n) is 3.03. The van der Waals surface area contributed by atoms with Crippen molar-refractivity contribution in [3.63, 3.8) is 0 Å². The van der Waals surface area contributed by atoms with E-state index in [0.29, 0.717) is 5.92 Å². The molecule has 2 heteroatoms. The minimum atomic E-state index is -1.25. The van der Waals surface area contributed by atoms with Gasteiger partial charge in [-0.2, -0.15) is 0 Å². The summed E-state index contributed by atoms with van der Waals surface area (Å²) in [7, 11) is -1.25. The largest absolute Gasteiger partial charge is 0.256 e. The van der Waals surface area contributed by atoms with Crippen molar-refractivity contribution in [1.29, 1.82) is 0 Å². The number of allylic oxidation sites excluding steroid dienone is 1. The van der Waals surface area contributed by atoms with Crippen molar-refractivity contribution >= 4 is 14.1 Å². The van der Waals surface area contributed by atoms with E-state index in [1.807, 2.05) is 12.3 Å². The van der Waals surface area contributed by atoms with Crippen LogP contribution in [-0.2, 0) is 6.42 Å². The molecule has 0 bridgehead atoms. The van der Waals surface area contributed by atoms with Gasteiger partial charge >= 0.3 is 0 Å². The number of benzene rings is 1. The maximum atomic E-state index is 4.60. The topological polar surface area (TPSA) is 12.9 Å². The summed E-state index contributed by atoms with van der Waals surface area (Å²) in [6, 6.07) is 10.9. The SMILES string of the molecule is CC(C)c1cc2c(c(-c3ccccn3)c1)C=C([Si](C)(C)C)C2. The lowest BCUT2D eigenvalue weighted by Gasteiger charge is -2.17. The van der Waals surface area contributed by atoms with Crippen LogP contribution in [-0.4, -0.2) is 13.1 Å². The Kier molecular flexibility index (Phi) is 3.81. The zero-order valence-corrected chi connectivity index (χ0v) is 15.3. The molecule has 22 heavy (non-hydrogen) atoms. The number of rotatable bonds is 3. The molecule has 0 spiro atoms. The fourth-order valence-corrected chi connectivity index (χ4v) is 4.33. The van der Waals surface area contributed by atoms with Gasteiger partial charge in [0.25, 0.3) is 0 Å². The third-order valence-corrected chi connectivity index (χ3v) is 6.81. The van der Waals surface area contributed by atoms with Gasteiger partial charge in [0.05, 0.1) is 13.8 Å². The summed E-state index contributed by atoms with van der Waals surface area (Å²) in [5.74, 6) is 0.545. The predicted octanol–water partition coefficient (Wildman–Crippen LogP) is 5.69. The molecule has 1 aromatic carbocycles. The highest BCUT2D eigenvalue weighted by Gasteiger charge is 2.27. The Labute approximate surface area is 135 Å². The summed E-state index contributed by atoms with van der Waals surface area (Å²) in [6.45, 7) is 11.9. The van der Waals surface area contributed by atoms with Crippen molar-refractivity contribution in [2.75, 3.05) is 0 Å². The van der Waals surface area contributed by atoms with Crippen molar-refractivity contribution in [2.24, 2.45) is 0 Å².